The van der Waals surface area contributed by atoms with E-state index in [1.165, 1.54) is 19.2 Å². The third-order valence-electron chi connectivity index (χ3n) is 3.17. The van der Waals surface area contributed by atoms with Crippen LogP contribution in [0.3, 0.4) is 0 Å². The number of nitrogens with one attached hydrogen (secondary N) is 1. The normalized spacial score (nSPS) is 12.2. The largest absolute Gasteiger partial charge is 0.497 e. The maximum absolute atomic E-state index is 14.0. The molecule has 0 aliphatic carbocycles. The molecule has 0 aliphatic heterocycles. The van der Waals surface area contributed by atoms with E-state index in [2.05, 4.69) is 5.43 Å². The Morgan fingerprint density at radius 3 is 2.50 bits per heavy atom. The Morgan fingerprint density at radius 1 is 1.15 bits per heavy atom. The van der Waals surface area contributed by atoms with Crippen LogP contribution in [0, 0.1) is 11.6 Å². The molecule has 0 saturated carbocycles. The smallest absolute Gasteiger partial charge is 0.131 e. The monoisotopic (exact) mass is 278 g/mol. The molecule has 2 aromatic rings. The number of hydrogen-bond donors (Lipinski definition) is 2. The minimum Gasteiger partial charge on any atom is -0.497 e. The number of hydrogen-bond acceptors (Lipinski definition) is 3. The van der Waals surface area contributed by atoms with E-state index >= 15 is 0 Å². The van der Waals surface area contributed by atoms with Gasteiger partial charge < -0.3 is 4.74 Å². The number of halogens is 2. The number of nitrogens with two attached hydrogens (primary N) is 1. The summed E-state index contributed by atoms with van der Waals surface area (Å²) in [5, 5.41) is 0. The van der Waals surface area contributed by atoms with Gasteiger partial charge in [-0.2, -0.15) is 0 Å². The van der Waals surface area contributed by atoms with Crippen LogP contribution >= 0.6 is 0 Å². The van der Waals surface area contributed by atoms with Gasteiger partial charge in [0.15, 0.2) is 0 Å². The molecule has 0 aromatic heterocycles. The molecule has 2 rings (SSSR count). The topological polar surface area (TPSA) is 47.3 Å². The van der Waals surface area contributed by atoms with Gasteiger partial charge in [-0.1, -0.05) is 24.3 Å². The molecule has 0 saturated heterocycles. The van der Waals surface area contributed by atoms with Crippen molar-refractivity contribution in [2.45, 2.75) is 12.5 Å². The zero-order valence-corrected chi connectivity index (χ0v) is 11.1. The number of methoxy groups -OCH3 is 1. The van der Waals surface area contributed by atoms with Crippen LogP contribution in [0.5, 0.6) is 5.75 Å². The van der Waals surface area contributed by atoms with Crippen molar-refractivity contribution in [1.29, 1.82) is 0 Å². The maximum Gasteiger partial charge on any atom is 0.131 e. The molecule has 1 unspecified atom stereocenters. The lowest BCUT2D eigenvalue weighted by molar-refractivity contribution is 0.409. The zero-order chi connectivity index (χ0) is 14.5. The Balaban J connectivity index is 2.27. The number of rotatable bonds is 5. The van der Waals surface area contributed by atoms with Crippen molar-refractivity contribution in [2.75, 3.05) is 7.11 Å². The second kappa shape index (κ2) is 6.45. The highest BCUT2D eigenvalue weighted by Crippen LogP contribution is 2.25. The summed E-state index contributed by atoms with van der Waals surface area (Å²) in [7, 11) is 1.46. The van der Waals surface area contributed by atoms with Crippen LogP contribution < -0.4 is 16.0 Å². The van der Waals surface area contributed by atoms with Crippen LogP contribution in [0.25, 0.3) is 0 Å². The molecule has 5 heteroatoms. The summed E-state index contributed by atoms with van der Waals surface area (Å²) in [5.74, 6) is 5.12. The molecule has 0 spiro atoms. The standard InChI is InChI=1S/C15H16F2N2O/c1-20-11-6-7-12(14(17)9-11)15(19-18)8-10-4-2-3-5-13(10)16/h2-7,9,15,19H,8,18H2,1H3. The number of ether oxygens (including phenoxy) is 1. The van der Waals surface area contributed by atoms with Crippen molar-refractivity contribution < 1.29 is 13.5 Å². The molecular formula is C15H16F2N2O. The van der Waals surface area contributed by atoms with Crippen LogP contribution in [-0.4, -0.2) is 7.11 Å². The minimum absolute atomic E-state index is 0.256. The highest BCUT2D eigenvalue weighted by molar-refractivity contribution is 5.32. The molecule has 0 bridgehead atoms. The first-order chi connectivity index (χ1) is 9.65. The number of benzene rings is 2. The highest BCUT2D eigenvalue weighted by atomic mass is 19.1. The molecule has 20 heavy (non-hydrogen) atoms. The first-order valence-electron chi connectivity index (χ1n) is 6.18. The minimum atomic E-state index is -0.516. The Bertz CT molecular complexity index is 590. The second-order valence-electron chi connectivity index (χ2n) is 4.40. The van der Waals surface area contributed by atoms with Crippen LogP contribution in [-0.2, 0) is 6.42 Å². The van der Waals surface area contributed by atoms with Crippen molar-refractivity contribution in [3.63, 3.8) is 0 Å². The van der Waals surface area contributed by atoms with Gasteiger partial charge in [0, 0.05) is 11.6 Å². The van der Waals surface area contributed by atoms with Gasteiger partial charge in [-0.3, -0.25) is 11.3 Å². The van der Waals surface area contributed by atoms with Gasteiger partial charge in [0.05, 0.1) is 13.2 Å². The van der Waals surface area contributed by atoms with E-state index in [4.69, 9.17) is 10.6 Å². The van der Waals surface area contributed by atoms with Gasteiger partial charge in [-0.05, 0) is 24.1 Å². The summed E-state index contributed by atoms with van der Waals surface area (Å²) in [6.45, 7) is 0. The van der Waals surface area contributed by atoms with Crippen molar-refractivity contribution in [2.24, 2.45) is 5.84 Å². The molecule has 0 radical (unpaired) electrons. The molecule has 1 atom stereocenters. The van der Waals surface area contributed by atoms with Gasteiger partial charge in [0.25, 0.3) is 0 Å². The van der Waals surface area contributed by atoms with Gasteiger partial charge in [0.1, 0.15) is 17.4 Å². The molecular weight excluding hydrogens is 262 g/mol. The van der Waals surface area contributed by atoms with Gasteiger partial charge in [0.2, 0.25) is 0 Å². The summed E-state index contributed by atoms with van der Waals surface area (Å²) in [6.07, 6.45) is 0.256. The molecule has 0 fully saturated rings. The highest BCUT2D eigenvalue weighted by Gasteiger charge is 2.17. The first kappa shape index (κ1) is 14.4. The van der Waals surface area contributed by atoms with Gasteiger partial charge in [-0.25, -0.2) is 8.78 Å². The van der Waals surface area contributed by atoms with E-state index in [9.17, 15) is 8.78 Å². The number of hydrazine groups is 1. The Labute approximate surface area is 116 Å². The molecule has 0 amide bonds. The van der Waals surface area contributed by atoms with Crippen molar-refractivity contribution >= 4 is 0 Å². The predicted octanol–water partition coefficient (Wildman–Crippen LogP) is 2.72. The molecule has 0 heterocycles. The van der Waals surface area contributed by atoms with E-state index in [0.717, 1.165) is 0 Å². The van der Waals surface area contributed by atoms with E-state index in [0.29, 0.717) is 16.9 Å². The first-order valence-corrected chi connectivity index (χ1v) is 6.18. The van der Waals surface area contributed by atoms with E-state index in [-0.39, 0.29) is 12.2 Å². The van der Waals surface area contributed by atoms with Crippen LogP contribution in [0.4, 0.5) is 8.78 Å². The second-order valence-corrected chi connectivity index (χ2v) is 4.40. The Kier molecular flexibility index (Phi) is 4.65. The zero-order valence-electron chi connectivity index (χ0n) is 11.1. The van der Waals surface area contributed by atoms with Crippen molar-refractivity contribution in [3.05, 3.63) is 65.2 Å². The van der Waals surface area contributed by atoms with E-state index in [1.54, 1.807) is 30.3 Å². The average molecular weight is 278 g/mol. The van der Waals surface area contributed by atoms with Crippen molar-refractivity contribution in [3.8, 4) is 5.75 Å². The van der Waals surface area contributed by atoms with Gasteiger partial charge >= 0.3 is 0 Å². The third kappa shape index (κ3) is 3.12. The summed E-state index contributed by atoms with van der Waals surface area (Å²) in [6, 6.07) is 10.4. The summed E-state index contributed by atoms with van der Waals surface area (Å²) < 4.78 is 32.6. The lowest BCUT2D eigenvalue weighted by Crippen LogP contribution is -2.30. The van der Waals surface area contributed by atoms with Gasteiger partial charge in [-0.15, -0.1) is 0 Å². The van der Waals surface area contributed by atoms with E-state index in [1.807, 2.05) is 0 Å². The van der Waals surface area contributed by atoms with E-state index < -0.39 is 11.9 Å². The maximum atomic E-state index is 14.0. The fraction of sp³-hybridized carbons (Fsp3) is 0.200. The third-order valence-corrected chi connectivity index (χ3v) is 3.17. The summed E-state index contributed by atoms with van der Waals surface area (Å²) >= 11 is 0. The molecule has 0 aliphatic rings. The molecule has 3 nitrogen and oxygen atoms in total. The molecule has 106 valence electrons. The Morgan fingerprint density at radius 2 is 1.90 bits per heavy atom. The fourth-order valence-electron chi connectivity index (χ4n) is 2.06. The predicted molar refractivity (Wildman–Crippen MR) is 73.1 cm³/mol. The lowest BCUT2D eigenvalue weighted by atomic mass is 9.98. The quantitative estimate of drug-likeness (QED) is 0.653. The van der Waals surface area contributed by atoms with Crippen LogP contribution in [0.2, 0.25) is 0 Å². The SMILES string of the molecule is COc1ccc(C(Cc2ccccc2F)NN)c(F)c1. The van der Waals surface area contributed by atoms with Crippen LogP contribution in [0.15, 0.2) is 42.5 Å². The molecule has 2 aromatic carbocycles. The summed E-state index contributed by atoms with van der Waals surface area (Å²) in [4.78, 5) is 0. The van der Waals surface area contributed by atoms with Crippen LogP contribution in [0.1, 0.15) is 17.2 Å². The van der Waals surface area contributed by atoms with Crippen molar-refractivity contribution in [1.82, 2.24) is 5.43 Å². The fourth-order valence-corrected chi connectivity index (χ4v) is 2.06. The Hall–Kier alpha value is -1.98. The average Bonchev–Trinajstić information content (AvgIpc) is 2.47. The lowest BCUT2D eigenvalue weighted by Gasteiger charge is -2.18. The molecule has 3 N–H and O–H groups in total. The summed E-state index contributed by atoms with van der Waals surface area (Å²) in [5.41, 5.74) is 3.37.